The molecule has 1 aliphatic heterocycles. The van der Waals surface area contributed by atoms with E-state index in [0.717, 1.165) is 5.39 Å². The minimum absolute atomic E-state index is 0.132. The molecule has 8 heteroatoms. The Kier molecular flexibility index (Phi) is 5.92. The molecule has 7 nitrogen and oxygen atoms in total. The van der Waals surface area contributed by atoms with Gasteiger partial charge in [-0.25, -0.2) is 0 Å². The van der Waals surface area contributed by atoms with Gasteiger partial charge in [0, 0.05) is 31.6 Å². The van der Waals surface area contributed by atoms with Crippen molar-refractivity contribution in [3.05, 3.63) is 59.3 Å². The summed E-state index contributed by atoms with van der Waals surface area (Å²) in [6.45, 7) is 2.49. The Morgan fingerprint density at radius 2 is 1.87 bits per heavy atom. The first-order valence-corrected chi connectivity index (χ1v) is 10.1. The fourth-order valence-corrected chi connectivity index (χ4v) is 3.71. The van der Waals surface area contributed by atoms with Crippen LogP contribution in [0.4, 0.5) is 5.69 Å². The predicted octanol–water partition coefficient (Wildman–Crippen LogP) is 3.49. The monoisotopic (exact) mass is 427 g/mol. The first kappa shape index (κ1) is 20.3. The van der Waals surface area contributed by atoms with Gasteiger partial charge < -0.3 is 19.4 Å². The number of anilines is 1. The van der Waals surface area contributed by atoms with Gasteiger partial charge in [-0.2, -0.15) is 0 Å². The first-order chi connectivity index (χ1) is 14.5. The van der Waals surface area contributed by atoms with Crippen LogP contribution in [-0.4, -0.2) is 61.4 Å². The minimum atomic E-state index is -0.159. The molecule has 0 atom stereocenters. The Balaban J connectivity index is 1.33. The second-order valence-corrected chi connectivity index (χ2v) is 7.49. The number of nitrogens with zero attached hydrogens (tertiary/aromatic N) is 2. The lowest BCUT2D eigenvalue weighted by Gasteiger charge is -2.33. The number of benzene rings is 2. The van der Waals surface area contributed by atoms with Crippen LogP contribution >= 0.6 is 11.6 Å². The number of hydrogen-bond donors (Lipinski definition) is 1. The van der Waals surface area contributed by atoms with E-state index in [2.05, 4.69) is 5.32 Å². The molecule has 3 aromatic rings. The van der Waals surface area contributed by atoms with Gasteiger partial charge in [0.05, 0.1) is 24.4 Å². The summed E-state index contributed by atoms with van der Waals surface area (Å²) in [6, 6.07) is 14.4. The molecule has 2 heterocycles. The van der Waals surface area contributed by atoms with Crippen LogP contribution in [0, 0.1) is 0 Å². The van der Waals surface area contributed by atoms with Crippen LogP contribution in [0.2, 0.25) is 5.02 Å². The number of furan rings is 1. The summed E-state index contributed by atoms with van der Waals surface area (Å²) in [5.74, 6) is 0.598. The Labute approximate surface area is 179 Å². The summed E-state index contributed by atoms with van der Waals surface area (Å²) < 4.78 is 11.1. The molecule has 2 amide bonds. The number of fused-ring (bicyclic) bond motifs is 1. The number of para-hydroxylation sites is 2. The van der Waals surface area contributed by atoms with Crippen molar-refractivity contribution in [2.45, 2.75) is 0 Å². The molecule has 0 bridgehead atoms. The molecule has 0 saturated carbocycles. The van der Waals surface area contributed by atoms with Crippen molar-refractivity contribution in [3.63, 3.8) is 0 Å². The highest BCUT2D eigenvalue weighted by atomic mass is 35.5. The number of amides is 2. The molecule has 30 heavy (non-hydrogen) atoms. The smallest absolute Gasteiger partial charge is 0.289 e. The van der Waals surface area contributed by atoms with Gasteiger partial charge >= 0.3 is 0 Å². The van der Waals surface area contributed by atoms with Crippen LogP contribution in [0.3, 0.4) is 0 Å². The lowest BCUT2D eigenvalue weighted by Crippen LogP contribution is -2.50. The standard InChI is InChI=1S/C22H22ClN3O4/c1-29-18-8-4-5-15-13-19(30-21(15)18)22(28)26-11-9-25(10-12-26)14-20(27)24-17-7-3-2-6-16(17)23/h2-8,13H,9-12,14H2,1H3,(H,24,27). The molecule has 1 fully saturated rings. The zero-order valence-electron chi connectivity index (χ0n) is 16.6. The van der Waals surface area contributed by atoms with Crippen molar-refractivity contribution in [1.82, 2.24) is 9.80 Å². The average Bonchev–Trinajstić information content (AvgIpc) is 3.20. The minimum Gasteiger partial charge on any atom is -0.493 e. The maximum atomic E-state index is 12.9. The number of carbonyl (C=O) groups is 2. The zero-order valence-corrected chi connectivity index (χ0v) is 17.3. The third-order valence-electron chi connectivity index (χ3n) is 5.11. The molecule has 1 N–H and O–H groups in total. The van der Waals surface area contributed by atoms with Gasteiger partial charge in [-0.3, -0.25) is 14.5 Å². The topological polar surface area (TPSA) is 75.0 Å². The van der Waals surface area contributed by atoms with Gasteiger partial charge in [-0.05, 0) is 24.3 Å². The van der Waals surface area contributed by atoms with Crippen LogP contribution in [0.15, 0.2) is 52.9 Å². The summed E-state index contributed by atoms with van der Waals surface area (Å²) in [4.78, 5) is 28.9. The van der Waals surface area contributed by atoms with Gasteiger partial charge in [-0.15, -0.1) is 0 Å². The number of nitrogens with one attached hydrogen (secondary N) is 1. The molecule has 0 radical (unpaired) electrons. The van der Waals surface area contributed by atoms with Crippen LogP contribution in [-0.2, 0) is 4.79 Å². The van der Waals surface area contributed by atoms with Crippen molar-refractivity contribution in [2.24, 2.45) is 0 Å². The molecule has 2 aromatic carbocycles. The van der Waals surface area contributed by atoms with Gasteiger partial charge in [0.15, 0.2) is 17.1 Å². The maximum absolute atomic E-state index is 12.9. The van der Waals surface area contributed by atoms with E-state index in [-0.39, 0.29) is 18.4 Å². The van der Waals surface area contributed by atoms with E-state index in [9.17, 15) is 9.59 Å². The van der Waals surface area contributed by atoms with E-state index < -0.39 is 0 Å². The van der Waals surface area contributed by atoms with E-state index in [1.54, 1.807) is 36.3 Å². The number of piperazine rings is 1. The van der Waals surface area contributed by atoms with Crippen molar-refractivity contribution in [2.75, 3.05) is 45.2 Å². The highest BCUT2D eigenvalue weighted by Crippen LogP contribution is 2.29. The van der Waals surface area contributed by atoms with E-state index in [1.807, 2.05) is 29.2 Å². The van der Waals surface area contributed by atoms with Gasteiger partial charge in [0.2, 0.25) is 5.91 Å². The molecule has 0 aliphatic carbocycles. The Hall–Kier alpha value is -3.03. The number of methoxy groups -OCH3 is 1. The van der Waals surface area contributed by atoms with Crippen molar-refractivity contribution in [1.29, 1.82) is 0 Å². The molecule has 0 unspecified atom stereocenters. The molecule has 0 spiro atoms. The molecular weight excluding hydrogens is 406 g/mol. The average molecular weight is 428 g/mol. The van der Waals surface area contributed by atoms with Gasteiger partial charge in [-0.1, -0.05) is 35.9 Å². The summed E-state index contributed by atoms with van der Waals surface area (Å²) in [5.41, 5.74) is 1.16. The molecule has 1 aromatic heterocycles. The van der Waals surface area contributed by atoms with Crippen LogP contribution in [0.25, 0.3) is 11.0 Å². The number of hydrogen-bond acceptors (Lipinski definition) is 5. The second kappa shape index (κ2) is 8.77. The van der Waals surface area contributed by atoms with Gasteiger partial charge in [0.1, 0.15) is 0 Å². The number of ether oxygens (including phenoxy) is 1. The van der Waals surface area contributed by atoms with Crippen LogP contribution in [0.5, 0.6) is 5.75 Å². The molecule has 1 saturated heterocycles. The van der Waals surface area contributed by atoms with E-state index >= 15 is 0 Å². The molecule has 1 aliphatic rings. The Morgan fingerprint density at radius 3 is 2.60 bits per heavy atom. The predicted molar refractivity (Wildman–Crippen MR) is 115 cm³/mol. The highest BCUT2D eigenvalue weighted by molar-refractivity contribution is 6.33. The normalized spacial score (nSPS) is 14.7. The molecule has 156 valence electrons. The number of rotatable bonds is 5. The summed E-state index contributed by atoms with van der Waals surface area (Å²) in [6.07, 6.45) is 0. The first-order valence-electron chi connectivity index (χ1n) is 9.67. The molecule has 4 rings (SSSR count). The maximum Gasteiger partial charge on any atom is 0.289 e. The lowest BCUT2D eigenvalue weighted by atomic mass is 10.2. The van der Waals surface area contributed by atoms with Crippen molar-refractivity contribution >= 4 is 40.1 Å². The van der Waals surface area contributed by atoms with E-state index in [4.69, 9.17) is 20.8 Å². The summed E-state index contributed by atoms with van der Waals surface area (Å²) >= 11 is 6.08. The lowest BCUT2D eigenvalue weighted by molar-refractivity contribution is -0.117. The van der Waals surface area contributed by atoms with Crippen LogP contribution < -0.4 is 10.1 Å². The summed E-state index contributed by atoms with van der Waals surface area (Å²) in [7, 11) is 1.57. The summed E-state index contributed by atoms with van der Waals surface area (Å²) in [5, 5.41) is 4.15. The van der Waals surface area contributed by atoms with E-state index in [0.29, 0.717) is 54.0 Å². The van der Waals surface area contributed by atoms with Crippen LogP contribution in [0.1, 0.15) is 10.6 Å². The van der Waals surface area contributed by atoms with Crippen molar-refractivity contribution < 1.29 is 18.7 Å². The fraction of sp³-hybridized carbons (Fsp3) is 0.273. The second-order valence-electron chi connectivity index (χ2n) is 7.09. The third kappa shape index (κ3) is 4.27. The fourth-order valence-electron chi connectivity index (χ4n) is 3.52. The largest absolute Gasteiger partial charge is 0.493 e. The quantitative estimate of drug-likeness (QED) is 0.674. The highest BCUT2D eigenvalue weighted by Gasteiger charge is 2.26. The SMILES string of the molecule is COc1cccc2cc(C(=O)N3CCN(CC(=O)Nc4ccccc4Cl)CC3)oc12. The van der Waals surface area contributed by atoms with Crippen molar-refractivity contribution in [3.8, 4) is 5.75 Å². The van der Waals surface area contributed by atoms with Gasteiger partial charge in [0.25, 0.3) is 5.91 Å². The molecular formula is C22H22ClN3O4. The third-order valence-corrected chi connectivity index (χ3v) is 5.44. The van der Waals surface area contributed by atoms with E-state index in [1.165, 1.54) is 0 Å². The Bertz CT molecular complexity index is 1070. The number of carbonyl (C=O) groups excluding carboxylic acids is 2. The number of halogens is 1. The zero-order chi connectivity index (χ0) is 21.1. The Morgan fingerprint density at radius 1 is 1.10 bits per heavy atom.